The van der Waals surface area contributed by atoms with E-state index in [1.165, 1.54) is 7.11 Å². The summed E-state index contributed by atoms with van der Waals surface area (Å²) in [5.41, 5.74) is 0.723. The number of ether oxygens (including phenoxy) is 3. The highest BCUT2D eigenvalue weighted by Crippen LogP contribution is 2.29. The Balaban J connectivity index is 1.77. The highest BCUT2D eigenvalue weighted by Gasteiger charge is 2.15. The summed E-state index contributed by atoms with van der Waals surface area (Å²) in [5, 5.41) is 16.6. The number of nitrogens with one attached hydrogen (secondary N) is 2. The first-order chi connectivity index (χ1) is 12.2. The van der Waals surface area contributed by atoms with Gasteiger partial charge in [-0.25, -0.2) is 4.99 Å². The number of hydrogen-bond donors (Lipinski definition) is 3. The van der Waals surface area contributed by atoms with Gasteiger partial charge in [-0.2, -0.15) is 0 Å². The Morgan fingerprint density at radius 3 is 3.00 bits per heavy atom. The van der Waals surface area contributed by atoms with Crippen molar-refractivity contribution in [1.82, 2.24) is 10.6 Å². The SMILES string of the molecule is CCNC(=NCc1cccc(OC)c1O)NCCCOC1CCOC1. The number of aliphatic imine (C=N–C) groups is 1. The molecule has 1 unspecified atom stereocenters. The van der Waals surface area contributed by atoms with Gasteiger partial charge >= 0.3 is 0 Å². The number of para-hydroxylation sites is 1. The minimum absolute atomic E-state index is 0.136. The number of nitrogens with zero attached hydrogens (tertiary/aromatic N) is 1. The Bertz CT molecular complexity index is 545. The second kappa shape index (κ2) is 10.8. The molecule has 0 aliphatic carbocycles. The normalized spacial score (nSPS) is 17.5. The van der Waals surface area contributed by atoms with Crippen molar-refractivity contribution in [2.45, 2.75) is 32.4 Å². The van der Waals surface area contributed by atoms with E-state index in [4.69, 9.17) is 14.2 Å². The molecule has 0 aromatic heterocycles. The van der Waals surface area contributed by atoms with Gasteiger partial charge in [-0.1, -0.05) is 12.1 Å². The summed E-state index contributed by atoms with van der Waals surface area (Å²) in [6.45, 7) is 6.14. The van der Waals surface area contributed by atoms with Crippen LogP contribution in [0, 0.1) is 0 Å². The van der Waals surface area contributed by atoms with Crippen LogP contribution in [0.2, 0.25) is 0 Å². The zero-order valence-corrected chi connectivity index (χ0v) is 15.1. The molecule has 0 bridgehead atoms. The molecule has 1 saturated heterocycles. The second-order valence-corrected chi connectivity index (χ2v) is 5.80. The van der Waals surface area contributed by atoms with E-state index in [1.54, 1.807) is 6.07 Å². The third-order valence-corrected chi connectivity index (χ3v) is 3.91. The van der Waals surface area contributed by atoms with Crippen molar-refractivity contribution in [2.75, 3.05) is 40.0 Å². The van der Waals surface area contributed by atoms with Crippen molar-refractivity contribution < 1.29 is 19.3 Å². The van der Waals surface area contributed by atoms with E-state index in [2.05, 4.69) is 15.6 Å². The van der Waals surface area contributed by atoms with Gasteiger partial charge in [0, 0.05) is 31.9 Å². The van der Waals surface area contributed by atoms with Crippen molar-refractivity contribution in [1.29, 1.82) is 0 Å². The van der Waals surface area contributed by atoms with E-state index in [9.17, 15) is 5.11 Å². The zero-order chi connectivity index (χ0) is 17.9. The highest BCUT2D eigenvalue weighted by molar-refractivity contribution is 5.79. The molecule has 3 N–H and O–H groups in total. The maximum atomic E-state index is 10.1. The summed E-state index contributed by atoms with van der Waals surface area (Å²) in [6.07, 6.45) is 2.13. The second-order valence-electron chi connectivity index (χ2n) is 5.80. The molecule has 7 nitrogen and oxygen atoms in total. The lowest BCUT2D eigenvalue weighted by Crippen LogP contribution is -2.38. The summed E-state index contributed by atoms with van der Waals surface area (Å²) < 4.78 is 16.1. The van der Waals surface area contributed by atoms with Crippen molar-refractivity contribution >= 4 is 5.96 Å². The average molecular weight is 351 g/mol. The number of benzene rings is 1. The summed E-state index contributed by atoms with van der Waals surface area (Å²) in [7, 11) is 1.54. The maximum Gasteiger partial charge on any atom is 0.191 e. The van der Waals surface area contributed by atoms with Crippen LogP contribution in [0.5, 0.6) is 11.5 Å². The molecule has 1 aromatic rings. The lowest BCUT2D eigenvalue weighted by atomic mass is 10.2. The van der Waals surface area contributed by atoms with E-state index in [1.807, 2.05) is 19.1 Å². The van der Waals surface area contributed by atoms with Gasteiger partial charge < -0.3 is 30.0 Å². The Labute approximate surface area is 149 Å². The molecular formula is C18H29N3O4. The molecular weight excluding hydrogens is 322 g/mol. The minimum Gasteiger partial charge on any atom is -0.504 e. The minimum atomic E-state index is 0.136. The molecule has 2 rings (SSSR count). The average Bonchev–Trinajstić information content (AvgIpc) is 3.13. The smallest absolute Gasteiger partial charge is 0.191 e. The van der Waals surface area contributed by atoms with Crippen LogP contribution < -0.4 is 15.4 Å². The summed E-state index contributed by atoms with van der Waals surface area (Å²) in [5.74, 6) is 1.31. The summed E-state index contributed by atoms with van der Waals surface area (Å²) >= 11 is 0. The molecule has 0 spiro atoms. The Morgan fingerprint density at radius 1 is 1.40 bits per heavy atom. The van der Waals surface area contributed by atoms with Crippen molar-refractivity contribution in [3.8, 4) is 11.5 Å². The van der Waals surface area contributed by atoms with E-state index in [0.29, 0.717) is 31.5 Å². The molecule has 140 valence electrons. The van der Waals surface area contributed by atoms with Crippen LogP contribution in [-0.4, -0.2) is 57.2 Å². The van der Waals surface area contributed by atoms with Crippen LogP contribution in [0.1, 0.15) is 25.3 Å². The van der Waals surface area contributed by atoms with Gasteiger partial charge in [-0.05, 0) is 25.8 Å². The van der Waals surface area contributed by atoms with Crippen LogP contribution in [-0.2, 0) is 16.0 Å². The van der Waals surface area contributed by atoms with Crippen LogP contribution in [0.15, 0.2) is 23.2 Å². The molecule has 25 heavy (non-hydrogen) atoms. The van der Waals surface area contributed by atoms with Crippen molar-refractivity contribution in [2.24, 2.45) is 4.99 Å². The van der Waals surface area contributed by atoms with Gasteiger partial charge in [0.25, 0.3) is 0 Å². The number of phenols is 1. The molecule has 1 aliphatic heterocycles. The number of guanidine groups is 1. The molecule has 1 heterocycles. The fourth-order valence-electron chi connectivity index (χ4n) is 2.54. The Hall–Kier alpha value is -1.99. The van der Waals surface area contributed by atoms with Crippen molar-refractivity contribution in [3.63, 3.8) is 0 Å². The molecule has 1 atom stereocenters. The van der Waals surface area contributed by atoms with Crippen LogP contribution in [0.25, 0.3) is 0 Å². The molecule has 0 amide bonds. The first-order valence-electron chi connectivity index (χ1n) is 8.81. The van der Waals surface area contributed by atoms with Gasteiger partial charge in [0.05, 0.1) is 26.4 Å². The monoisotopic (exact) mass is 351 g/mol. The number of aromatic hydroxyl groups is 1. The van der Waals surface area contributed by atoms with E-state index in [0.717, 1.165) is 38.1 Å². The predicted molar refractivity (Wildman–Crippen MR) is 97.3 cm³/mol. The van der Waals surface area contributed by atoms with E-state index < -0.39 is 0 Å². The zero-order valence-electron chi connectivity index (χ0n) is 15.1. The first kappa shape index (κ1) is 19.3. The first-order valence-corrected chi connectivity index (χ1v) is 8.81. The standard InChI is InChI=1S/C18H29N3O4/c1-3-19-18(20-9-5-10-25-15-8-11-24-13-15)21-12-14-6-4-7-16(23-2)17(14)22/h4,6-7,15,22H,3,5,8-13H2,1-2H3,(H2,19,20,21). The molecule has 0 radical (unpaired) electrons. The Morgan fingerprint density at radius 2 is 2.28 bits per heavy atom. The Kier molecular flexibility index (Phi) is 8.34. The lowest BCUT2D eigenvalue weighted by molar-refractivity contribution is 0.0420. The number of methoxy groups -OCH3 is 1. The van der Waals surface area contributed by atoms with Crippen LogP contribution >= 0.6 is 0 Å². The number of phenolic OH excluding ortho intramolecular Hbond substituents is 1. The lowest BCUT2D eigenvalue weighted by Gasteiger charge is -2.13. The van der Waals surface area contributed by atoms with Crippen LogP contribution in [0.4, 0.5) is 0 Å². The summed E-state index contributed by atoms with van der Waals surface area (Å²) in [4.78, 5) is 4.51. The largest absolute Gasteiger partial charge is 0.504 e. The van der Waals surface area contributed by atoms with Gasteiger partial charge in [0.2, 0.25) is 0 Å². The number of hydrogen-bond acceptors (Lipinski definition) is 5. The van der Waals surface area contributed by atoms with Gasteiger partial charge in [-0.15, -0.1) is 0 Å². The third-order valence-electron chi connectivity index (χ3n) is 3.91. The highest BCUT2D eigenvalue weighted by atomic mass is 16.5. The molecule has 1 aliphatic rings. The van der Waals surface area contributed by atoms with Crippen molar-refractivity contribution in [3.05, 3.63) is 23.8 Å². The summed E-state index contributed by atoms with van der Waals surface area (Å²) in [6, 6.07) is 5.40. The van der Waals surface area contributed by atoms with Gasteiger partial charge in [0.1, 0.15) is 0 Å². The van der Waals surface area contributed by atoms with E-state index >= 15 is 0 Å². The fourth-order valence-corrected chi connectivity index (χ4v) is 2.54. The molecule has 0 saturated carbocycles. The molecule has 1 aromatic carbocycles. The van der Waals surface area contributed by atoms with Gasteiger partial charge in [-0.3, -0.25) is 0 Å². The van der Waals surface area contributed by atoms with E-state index in [-0.39, 0.29) is 11.9 Å². The fraction of sp³-hybridized carbons (Fsp3) is 0.611. The maximum absolute atomic E-state index is 10.1. The number of rotatable bonds is 9. The van der Waals surface area contributed by atoms with Crippen LogP contribution in [0.3, 0.4) is 0 Å². The molecule has 7 heteroatoms. The van der Waals surface area contributed by atoms with Gasteiger partial charge in [0.15, 0.2) is 17.5 Å². The molecule has 1 fully saturated rings. The predicted octanol–water partition coefficient (Wildman–Crippen LogP) is 1.65. The quantitative estimate of drug-likeness (QED) is 0.356. The topological polar surface area (TPSA) is 84.3 Å². The third kappa shape index (κ3) is 6.43.